The zero-order chi connectivity index (χ0) is 15.9. The van der Waals surface area contributed by atoms with Crippen molar-refractivity contribution < 1.29 is 9.47 Å². The fourth-order valence-electron chi connectivity index (χ4n) is 1.95. The minimum absolute atomic E-state index is 0.377. The Bertz CT molecular complexity index is 676. The topological polar surface area (TPSA) is 31.4 Å². The maximum Gasteiger partial charge on any atom is 0.118 e. The number of ether oxygens (including phenoxy) is 2. The van der Waals surface area contributed by atoms with Gasteiger partial charge in [0, 0.05) is 4.47 Å². The summed E-state index contributed by atoms with van der Waals surface area (Å²) in [7, 11) is 1.65. The molecule has 2 rings (SSSR count). The van der Waals surface area contributed by atoms with Gasteiger partial charge < -0.3 is 9.47 Å². The van der Waals surface area contributed by atoms with Gasteiger partial charge in [-0.15, -0.1) is 0 Å². The molecule has 0 unspecified atom stereocenters. The molecule has 0 saturated carbocycles. The van der Waals surface area contributed by atoms with Crippen molar-refractivity contribution in [2.24, 2.45) is 0 Å². The second-order valence-electron chi connectivity index (χ2n) is 4.87. The molecule has 3 nitrogen and oxygen atoms in total. The molecule has 22 heavy (non-hydrogen) atoms. The Balaban J connectivity index is 1.86. The summed E-state index contributed by atoms with van der Waals surface area (Å²) in [5.74, 6) is 6.87. The van der Waals surface area contributed by atoms with Gasteiger partial charge in [-0.1, -0.05) is 18.1 Å². The Morgan fingerprint density at radius 3 is 2.55 bits per heavy atom. The van der Waals surface area contributed by atoms with E-state index in [9.17, 15) is 0 Å². The molecule has 1 heterocycles. The average Bonchev–Trinajstić information content (AvgIpc) is 2.52. The lowest BCUT2D eigenvalue weighted by Gasteiger charge is -2.03. The van der Waals surface area contributed by atoms with Crippen molar-refractivity contribution in [1.29, 1.82) is 0 Å². The number of methoxy groups -OCH3 is 1. The standard InChI is InChI=1S/C18H18BrNO2/c1-13-11-16(20-14(2)18(13)19)5-4-10-22-12-15-6-8-17(21-3)9-7-15/h6-9,11H,10,12H2,1-3H3. The third kappa shape index (κ3) is 4.59. The van der Waals surface area contributed by atoms with Gasteiger partial charge in [0.15, 0.2) is 0 Å². The van der Waals surface area contributed by atoms with E-state index in [0.29, 0.717) is 13.2 Å². The van der Waals surface area contributed by atoms with Crippen LogP contribution in [-0.4, -0.2) is 18.7 Å². The molecule has 0 N–H and O–H groups in total. The van der Waals surface area contributed by atoms with Crippen LogP contribution in [0.1, 0.15) is 22.5 Å². The summed E-state index contributed by atoms with van der Waals surface area (Å²) < 4.78 is 11.7. The molecule has 0 radical (unpaired) electrons. The van der Waals surface area contributed by atoms with E-state index in [0.717, 1.165) is 32.7 Å². The maximum atomic E-state index is 5.55. The number of nitrogens with zero attached hydrogens (tertiary/aromatic N) is 1. The lowest BCUT2D eigenvalue weighted by molar-refractivity contribution is 0.153. The van der Waals surface area contributed by atoms with Crippen molar-refractivity contribution in [3.8, 4) is 17.6 Å². The first-order chi connectivity index (χ1) is 10.6. The van der Waals surface area contributed by atoms with E-state index in [2.05, 4.69) is 32.8 Å². The summed E-state index contributed by atoms with van der Waals surface area (Å²) in [6.45, 7) is 4.90. The van der Waals surface area contributed by atoms with Gasteiger partial charge in [0.05, 0.1) is 19.4 Å². The molecule has 1 aromatic heterocycles. The summed E-state index contributed by atoms with van der Waals surface area (Å²) in [5.41, 5.74) is 3.95. The van der Waals surface area contributed by atoms with Gasteiger partial charge in [0.2, 0.25) is 0 Å². The Hall–Kier alpha value is -1.83. The lowest BCUT2D eigenvalue weighted by atomic mass is 10.2. The quantitative estimate of drug-likeness (QED) is 0.609. The van der Waals surface area contributed by atoms with E-state index >= 15 is 0 Å². The van der Waals surface area contributed by atoms with Crippen LogP contribution < -0.4 is 4.74 Å². The maximum absolute atomic E-state index is 5.55. The number of pyridine rings is 1. The van der Waals surface area contributed by atoms with Crippen molar-refractivity contribution in [2.75, 3.05) is 13.7 Å². The zero-order valence-corrected chi connectivity index (χ0v) is 14.5. The molecule has 0 bridgehead atoms. The van der Waals surface area contributed by atoms with E-state index in [1.54, 1.807) is 7.11 Å². The van der Waals surface area contributed by atoms with Crippen LogP contribution in [0.15, 0.2) is 34.8 Å². The number of benzene rings is 1. The molecule has 0 aliphatic carbocycles. The third-order valence-corrected chi connectivity index (χ3v) is 4.32. The highest BCUT2D eigenvalue weighted by Gasteiger charge is 2.01. The monoisotopic (exact) mass is 359 g/mol. The highest BCUT2D eigenvalue weighted by atomic mass is 79.9. The summed E-state index contributed by atoms with van der Waals surface area (Å²) in [6.07, 6.45) is 0. The van der Waals surface area contributed by atoms with Gasteiger partial charge in [0.25, 0.3) is 0 Å². The fourth-order valence-corrected chi connectivity index (χ4v) is 2.15. The molecule has 0 aliphatic rings. The van der Waals surface area contributed by atoms with E-state index < -0.39 is 0 Å². The second kappa shape index (κ2) is 7.98. The van der Waals surface area contributed by atoms with Gasteiger partial charge >= 0.3 is 0 Å². The lowest BCUT2D eigenvalue weighted by Crippen LogP contribution is -1.95. The Kier molecular flexibility index (Phi) is 6.00. The Morgan fingerprint density at radius 1 is 1.18 bits per heavy atom. The predicted octanol–water partition coefficient (Wildman–Crippen LogP) is 4.04. The van der Waals surface area contributed by atoms with E-state index in [4.69, 9.17) is 9.47 Å². The fraction of sp³-hybridized carbons (Fsp3) is 0.278. The van der Waals surface area contributed by atoms with Crippen LogP contribution in [0.4, 0.5) is 0 Å². The second-order valence-corrected chi connectivity index (χ2v) is 5.66. The smallest absolute Gasteiger partial charge is 0.118 e. The van der Waals surface area contributed by atoms with Crippen LogP contribution in [0.25, 0.3) is 0 Å². The summed E-state index contributed by atoms with van der Waals surface area (Å²) in [6, 6.07) is 9.77. The molecule has 0 amide bonds. The van der Waals surface area contributed by atoms with Gasteiger partial charge in [-0.2, -0.15) is 0 Å². The highest BCUT2D eigenvalue weighted by molar-refractivity contribution is 9.10. The van der Waals surface area contributed by atoms with E-state index in [1.807, 2.05) is 44.2 Å². The van der Waals surface area contributed by atoms with Gasteiger partial charge in [-0.3, -0.25) is 0 Å². The minimum Gasteiger partial charge on any atom is -0.497 e. The molecular weight excluding hydrogens is 342 g/mol. The van der Waals surface area contributed by atoms with Gasteiger partial charge in [0.1, 0.15) is 18.1 Å². The molecule has 0 saturated heterocycles. The van der Waals surface area contributed by atoms with Crippen LogP contribution in [-0.2, 0) is 11.3 Å². The molecule has 0 atom stereocenters. The minimum atomic E-state index is 0.377. The van der Waals surface area contributed by atoms with Crippen molar-refractivity contribution >= 4 is 15.9 Å². The normalized spacial score (nSPS) is 10.0. The summed E-state index contributed by atoms with van der Waals surface area (Å²) >= 11 is 3.50. The summed E-state index contributed by atoms with van der Waals surface area (Å²) in [4.78, 5) is 4.42. The molecule has 0 fully saturated rings. The number of rotatable bonds is 4. The van der Waals surface area contributed by atoms with Crippen molar-refractivity contribution in [3.63, 3.8) is 0 Å². The number of hydrogen-bond donors (Lipinski definition) is 0. The molecule has 0 spiro atoms. The van der Waals surface area contributed by atoms with Crippen molar-refractivity contribution in [3.05, 3.63) is 57.3 Å². The Labute approximate surface area is 139 Å². The van der Waals surface area contributed by atoms with Gasteiger partial charge in [-0.05, 0) is 65.0 Å². The van der Waals surface area contributed by atoms with Crippen LogP contribution in [0, 0.1) is 25.7 Å². The average molecular weight is 360 g/mol. The first kappa shape index (κ1) is 16.5. The van der Waals surface area contributed by atoms with Crippen LogP contribution in [0.2, 0.25) is 0 Å². The molecule has 0 aliphatic heterocycles. The first-order valence-corrected chi connectivity index (χ1v) is 7.72. The van der Waals surface area contributed by atoms with Gasteiger partial charge in [-0.25, -0.2) is 4.98 Å². The highest BCUT2D eigenvalue weighted by Crippen LogP contribution is 2.19. The molecule has 1 aromatic carbocycles. The largest absolute Gasteiger partial charge is 0.497 e. The molecule has 2 aromatic rings. The number of halogens is 1. The third-order valence-electron chi connectivity index (χ3n) is 3.12. The summed E-state index contributed by atoms with van der Waals surface area (Å²) in [5, 5.41) is 0. The Morgan fingerprint density at radius 2 is 1.91 bits per heavy atom. The molecule has 114 valence electrons. The molecule has 4 heteroatoms. The number of aryl methyl sites for hydroxylation is 2. The van der Waals surface area contributed by atoms with E-state index in [1.165, 1.54) is 0 Å². The van der Waals surface area contributed by atoms with E-state index in [-0.39, 0.29) is 0 Å². The predicted molar refractivity (Wildman–Crippen MR) is 90.9 cm³/mol. The van der Waals surface area contributed by atoms with Crippen molar-refractivity contribution in [2.45, 2.75) is 20.5 Å². The number of hydrogen-bond acceptors (Lipinski definition) is 3. The SMILES string of the molecule is COc1ccc(COCC#Cc2cc(C)c(Br)c(C)n2)cc1. The van der Waals surface area contributed by atoms with Crippen LogP contribution in [0.3, 0.4) is 0 Å². The van der Waals surface area contributed by atoms with Crippen molar-refractivity contribution in [1.82, 2.24) is 4.98 Å². The molecular formula is C18H18BrNO2. The zero-order valence-electron chi connectivity index (χ0n) is 12.9. The first-order valence-electron chi connectivity index (χ1n) is 6.93. The van der Waals surface area contributed by atoms with Crippen LogP contribution in [0.5, 0.6) is 5.75 Å². The number of aromatic nitrogens is 1. The van der Waals surface area contributed by atoms with Crippen LogP contribution >= 0.6 is 15.9 Å².